The zero-order valence-electron chi connectivity index (χ0n) is 24.1. The Bertz CT molecular complexity index is 2230. The van der Waals surface area contributed by atoms with Gasteiger partial charge in [-0.25, -0.2) is 15.0 Å². The smallest absolute Gasteiger partial charge is 0.164 e. The lowest BCUT2D eigenvalue weighted by atomic mass is 9.96. The lowest BCUT2D eigenvalue weighted by Crippen LogP contribution is -2.00. The molecule has 0 atom stereocenters. The fourth-order valence-corrected chi connectivity index (χ4v) is 5.77. The number of benzene rings is 6. The summed E-state index contributed by atoms with van der Waals surface area (Å²) in [5.41, 5.74) is 10.2. The summed E-state index contributed by atoms with van der Waals surface area (Å²) in [6.07, 6.45) is 0. The first-order chi connectivity index (χ1) is 21.7. The summed E-state index contributed by atoms with van der Waals surface area (Å²) in [4.78, 5) is 14.7. The maximum atomic E-state index is 6.41. The van der Waals surface area contributed by atoms with Crippen molar-refractivity contribution in [2.45, 2.75) is 6.92 Å². The van der Waals surface area contributed by atoms with Gasteiger partial charge >= 0.3 is 0 Å². The third-order valence-corrected chi connectivity index (χ3v) is 7.98. The van der Waals surface area contributed by atoms with E-state index in [4.69, 9.17) is 19.4 Å². The highest BCUT2D eigenvalue weighted by atomic mass is 16.3. The van der Waals surface area contributed by atoms with Crippen LogP contribution in [0.15, 0.2) is 150 Å². The minimum absolute atomic E-state index is 0.637. The Morgan fingerprint density at radius 2 is 0.932 bits per heavy atom. The molecule has 208 valence electrons. The predicted octanol–water partition coefficient (Wildman–Crippen LogP) is 10.4. The van der Waals surface area contributed by atoms with E-state index in [9.17, 15) is 0 Å². The fourth-order valence-electron chi connectivity index (χ4n) is 5.77. The van der Waals surface area contributed by atoms with Crippen molar-refractivity contribution in [2.75, 3.05) is 0 Å². The summed E-state index contributed by atoms with van der Waals surface area (Å²) in [7, 11) is 0. The summed E-state index contributed by atoms with van der Waals surface area (Å²) in [5, 5.41) is 2.27. The zero-order chi connectivity index (χ0) is 29.5. The standard InChI is InChI=1S/C40H27N3O/c1-26-21-22-34-35-20-10-19-33(37(35)44-36(34)23-26)31-17-8-15-29(24-31)30-16-9-18-32(25-30)40-42-38(27-11-4-2-5-12-27)41-39(43-40)28-13-6-3-7-14-28/h2-25H,1H3. The fraction of sp³-hybridized carbons (Fsp3) is 0.0250. The predicted molar refractivity (Wildman–Crippen MR) is 179 cm³/mol. The molecule has 0 bridgehead atoms. The molecule has 0 aliphatic heterocycles. The van der Waals surface area contributed by atoms with Crippen LogP contribution in [0, 0.1) is 6.92 Å². The Morgan fingerprint density at radius 3 is 1.59 bits per heavy atom. The molecule has 8 rings (SSSR count). The van der Waals surface area contributed by atoms with Crippen LogP contribution >= 0.6 is 0 Å². The van der Waals surface area contributed by atoms with Crippen LogP contribution in [0.25, 0.3) is 78.4 Å². The molecule has 0 amide bonds. The molecule has 0 N–H and O–H groups in total. The highest BCUT2D eigenvalue weighted by Crippen LogP contribution is 2.37. The number of nitrogens with zero attached hydrogens (tertiary/aromatic N) is 3. The third kappa shape index (κ3) is 4.73. The third-order valence-electron chi connectivity index (χ3n) is 7.98. The van der Waals surface area contributed by atoms with Gasteiger partial charge in [0.1, 0.15) is 11.2 Å². The van der Waals surface area contributed by atoms with Gasteiger partial charge in [-0.1, -0.05) is 127 Å². The first-order valence-corrected chi connectivity index (χ1v) is 14.7. The van der Waals surface area contributed by atoms with E-state index in [1.807, 2.05) is 60.7 Å². The average molecular weight is 566 g/mol. The molecule has 0 spiro atoms. The SMILES string of the molecule is Cc1ccc2c(c1)oc1c(-c3cccc(-c4cccc(-c5nc(-c6ccccc6)nc(-c6ccccc6)n5)c4)c3)cccc12. The Balaban J connectivity index is 1.22. The van der Waals surface area contributed by atoms with Crippen LogP contribution in [-0.2, 0) is 0 Å². The highest BCUT2D eigenvalue weighted by Gasteiger charge is 2.15. The maximum Gasteiger partial charge on any atom is 0.164 e. The molecule has 0 aliphatic rings. The molecule has 8 aromatic rings. The second kappa shape index (κ2) is 10.8. The number of para-hydroxylation sites is 1. The van der Waals surface area contributed by atoms with Gasteiger partial charge in [0.2, 0.25) is 0 Å². The normalized spacial score (nSPS) is 11.3. The lowest BCUT2D eigenvalue weighted by Gasteiger charge is -2.10. The van der Waals surface area contributed by atoms with Gasteiger partial charge in [0, 0.05) is 33.0 Å². The van der Waals surface area contributed by atoms with E-state index in [0.717, 1.165) is 60.9 Å². The highest BCUT2D eigenvalue weighted by molar-refractivity contribution is 6.09. The van der Waals surface area contributed by atoms with Crippen molar-refractivity contribution in [1.29, 1.82) is 0 Å². The van der Waals surface area contributed by atoms with E-state index >= 15 is 0 Å². The van der Waals surface area contributed by atoms with Gasteiger partial charge in [-0.15, -0.1) is 0 Å². The van der Waals surface area contributed by atoms with Crippen LogP contribution in [0.3, 0.4) is 0 Å². The van der Waals surface area contributed by atoms with E-state index in [-0.39, 0.29) is 0 Å². The van der Waals surface area contributed by atoms with Crippen molar-refractivity contribution in [3.63, 3.8) is 0 Å². The van der Waals surface area contributed by atoms with Crippen molar-refractivity contribution >= 4 is 21.9 Å². The van der Waals surface area contributed by atoms with Gasteiger partial charge in [-0.2, -0.15) is 0 Å². The second-order valence-electron chi connectivity index (χ2n) is 11.0. The van der Waals surface area contributed by atoms with Crippen LogP contribution in [-0.4, -0.2) is 15.0 Å². The van der Waals surface area contributed by atoms with Gasteiger partial charge in [-0.05, 0) is 47.4 Å². The molecule has 0 fully saturated rings. The van der Waals surface area contributed by atoms with Gasteiger partial charge in [0.15, 0.2) is 17.5 Å². The average Bonchev–Trinajstić information content (AvgIpc) is 3.47. The number of rotatable bonds is 5. The number of hydrogen-bond donors (Lipinski definition) is 0. The molecule has 0 aliphatic carbocycles. The zero-order valence-corrected chi connectivity index (χ0v) is 24.1. The van der Waals surface area contributed by atoms with Gasteiger partial charge in [0.25, 0.3) is 0 Å². The monoisotopic (exact) mass is 565 g/mol. The Hall–Kier alpha value is -5.87. The van der Waals surface area contributed by atoms with Gasteiger partial charge in [0.05, 0.1) is 0 Å². The summed E-state index contributed by atoms with van der Waals surface area (Å²) < 4.78 is 6.41. The largest absolute Gasteiger partial charge is 0.455 e. The molecule has 6 aromatic carbocycles. The maximum absolute atomic E-state index is 6.41. The molecule has 2 aromatic heterocycles. The van der Waals surface area contributed by atoms with Crippen molar-refractivity contribution < 1.29 is 4.42 Å². The number of furan rings is 1. The summed E-state index contributed by atoms with van der Waals surface area (Å²) in [6, 6.07) is 49.9. The summed E-state index contributed by atoms with van der Waals surface area (Å²) in [5.74, 6) is 1.94. The lowest BCUT2D eigenvalue weighted by molar-refractivity contribution is 0.669. The Labute approximate surface area is 255 Å². The minimum Gasteiger partial charge on any atom is -0.455 e. The molecule has 2 heterocycles. The van der Waals surface area contributed by atoms with Gasteiger partial charge in [-0.3, -0.25) is 0 Å². The Morgan fingerprint density at radius 1 is 0.409 bits per heavy atom. The topological polar surface area (TPSA) is 51.8 Å². The molecule has 0 saturated carbocycles. The first kappa shape index (κ1) is 25.8. The van der Waals surface area contributed by atoms with Crippen molar-refractivity contribution in [3.8, 4) is 56.4 Å². The van der Waals surface area contributed by atoms with E-state index in [2.05, 4.69) is 91.9 Å². The number of aromatic nitrogens is 3. The van der Waals surface area contributed by atoms with Crippen LogP contribution in [0.5, 0.6) is 0 Å². The minimum atomic E-state index is 0.637. The van der Waals surface area contributed by atoms with Crippen LogP contribution in [0.4, 0.5) is 0 Å². The van der Waals surface area contributed by atoms with E-state index < -0.39 is 0 Å². The molecule has 0 radical (unpaired) electrons. The van der Waals surface area contributed by atoms with E-state index in [0.29, 0.717) is 17.5 Å². The molecule has 4 nitrogen and oxygen atoms in total. The van der Waals surface area contributed by atoms with Crippen molar-refractivity contribution in [3.05, 3.63) is 151 Å². The van der Waals surface area contributed by atoms with Gasteiger partial charge < -0.3 is 4.42 Å². The molecule has 44 heavy (non-hydrogen) atoms. The number of fused-ring (bicyclic) bond motifs is 3. The Kier molecular flexibility index (Phi) is 6.31. The number of aryl methyl sites for hydroxylation is 1. The quantitative estimate of drug-likeness (QED) is 0.208. The molecular formula is C40H27N3O. The van der Waals surface area contributed by atoms with Crippen molar-refractivity contribution in [1.82, 2.24) is 15.0 Å². The van der Waals surface area contributed by atoms with E-state index in [1.165, 1.54) is 5.56 Å². The molecule has 4 heteroatoms. The first-order valence-electron chi connectivity index (χ1n) is 14.7. The summed E-state index contributed by atoms with van der Waals surface area (Å²) in [6.45, 7) is 2.09. The van der Waals surface area contributed by atoms with Crippen LogP contribution in [0.2, 0.25) is 0 Å². The molecule has 0 unspecified atom stereocenters. The summed E-state index contributed by atoms with van der Waals surface area (Å²) >= 11 is 0. The molecular weight excluding hydrogens is 538 g/mol. The van der Waals surface area contributed by atoms with Crippen molar-refractivity contribution in [2.24, 2.45) is 0 Å². The van der Waals surface area contributed by atoms with E-state index in [1.54, 1.807) is 0 Å². The molecule has 0 saturated heterocycles. The van der Waals surface area contributed by atoms with Crippen LogP contribution < -0.4 is 0 Å². The second-order valence-corrected chi connectivity index (χ2v) is 11.0. The number of hydrogen-bond acceptors (Lipinski definition) is 4. The van der Waals surface area contributed by atoms with Crippen LogP contribution in [0.1, 0.15) is 5.56 Å².